The molecule has 0 atom stereocenters. The van der Waals surface area contributed by atoms with E-state index < -0.39 is 5.97 Å². The molecule has 4 heteroatoms. The number of rotatable bonds is 8. The average molecular weight is 392 g/mol. The highest BCUT2D eigenvalue weighted by molar-refractivity contribution is 7.97. The van der Waals surface area contributed by atoms with E-state index in [1.165, 1.54) is 14.7 Å². The van der Waals surface area contributed by atoms with E-state index in [2.05, 4.69) is 67.2 Å². The molecule has 0 unspecified atom stereocenters. The van der Waals surface area contributed by atoms with Crippen molar-refractivity contribution >= 4 is 16.9 Å². The molecule has 0 N–H and O–H groups in total. The van der Waals surface area contributed by atoms with Crippen LogP contribution in [-0.2, 0) is 20.4 Å². The zero-order chi connectivity index (χ0) is 19.8. The van der Waals surface area contributed by atoms with Gasteiger partial charge in [-0.25, -0.2) is 4.79 Å². The van der Waals surface area contributed by atoms with Crippen LogP contribution in [0.1, 0.15) is 6.92 Å². The minimum atomic E-state index is -0.395. The average Bonchev–Trinajstić information content (AvgIpc) is 2.74. The summed E-state index contributed by atoms with van der Waals surface area (Å²) in [5.74, 6) is 0.355. The first-order valence-corrected chi connectivity index (χ1v) is 10.3. The van der Waals surface area contributed by atoms with Gasteiger partial charge < -0.3 is 9.47 Å². The van der Waals surface area contributed by atoms with Gasteiger partial charge >= 0.3 is 5.97 Å². The summed E-state index contributed by atoms with van der Waals surface area (Å²) in [6.07, 6.45) is 0. The molecule has 3 nitrogen and oxygen atoms in total. The highest BCUT2D eigenvalue weighted by Gasteiger charge is 2.28. The van der Waals surface area contributed by atoms with Gasteiger partial charge in [-0.15, -0.1) is 0 Å². The molecule has 0 spiro atoms. The zero-order valence-electron chi connectivity index (χ0n) is 15.8. The molecule has 0 aliphatic rings. The minimum Gasteiger partial charge on any atom is -0.490 e. The van der Waals surface area contributed by atoms with Crippen molar-refractivity contribution in [2.45, 2.75) is 21.6 Å². The summed E-state index contributed by atoms with van der Waals surface area (Å²) in [5.41, 5.74) is 0.387. The van der Waals surface area contributed by atoms with E-state index in [1.54, 1.807) is 6.92 Å². The molecule has 3 aromatic rings. The Balaban J connectivity index is 1.71. The fourth-order valence-corrected chi connectivity index (χ4v) is 4.69. The van der Waals surface area contributed by atoms with Crippen LogP contribution in [0, 0.1) is 0 Å². The summed E-state index contributed by atoms with van der Waals surface area (Å²) in [6, 6.07) is 29.1. The third-order valence-electron chi connectivity index (χ3n) is 3.95. The predicted octanol–water partition coefficient (Wildman–Crippen LogP) is 5.28. The quantitative estimate of drug-likeness (QED) is 0.227. The number of ether oxygens (including phenoxy) is 2. The van der Waals surface area contributed by atoms with Gasteiger partial charge in [-0.05, 0) is 55.5 Å². The molecule has 0 saturated heterocycles. The lowest BCUT2D eigenvalue weighted by molar-refractivity contribution is -0.139. The van der Waals surface area contributed by atoms with Gasteiger partial charge in [0.1, 0.15) is 19.0 Å². The van der Waals surface area contributed by atoms with Crippen LogP contribution in [-0.4, -0.2) is 19.2 Å². The van der Waals surface area contributed by atoms with Crippen LogP contribution in [0.3, 0.4) is 0 Å². The fourth-order valence-electron chi connectivity index (χ4n) is 2.61. The van der Waals surface area contributed by atoms with Gasteiger partial charge in [-0.2, -0.15) is 0 Å². The third-order valence-corrected chi connectivity index (χ3v) is 6.18. The Morgan fingerprint density at radius 3 is 1.79 bits per heavy atom. The van der Waals surface area contributed by atoms with Crippen LogP contribution >= 0.6 is 0 Å². The summed E-state index contributed by atoms with van der Waals surface area (Å²) in [6.45, 7) is 5.68. The lowest BCUT2D eigenvalue weighted by Gasteiger charge is -2.10. The van der Waals surface area contributed by atoms with E-state index in [0.717, 1.165) is 5.75 Å². The van der Waals surface area contributed by atoms with Crippen LogP contribution in [0.2, 0.25) is 0 Å². The van der Waals surface area contributed by atoms with E-state index in [9.17, 15) is 4.79 Å². The Morgan fingerprint density at radius 2 is 1.29 bits per heavy atom. The lowest BCUT2D eigenvalue weighted by atomic mass is 10.3. The van der Waals surface area contributed by atoms with Crippen molar-refractivity contribution in [2.75, 3.05) is 13.2 Å². The highest BCUT2D eigenvalue weighted by atomic mass is 32.2. The molecule has 0 heterocycles. The Bertz CT molecular complexity index is 866. The molecule has 0 amide bonds. The zero-order valence-corrected chi connectivity index (χ0v) is 16.7. The van der Waals surface area contributed by atoms with Crippen molar-refractivity contribution in [2.24, 2.45) is 0 Å². The van der Waals surface area contributed by atoms with Gasteiger partial charge in [0.15, 0.2) is 14.7 Å². The van der Waals surface area contributed by atoms with Crippen molar-refractivity contribution in [1.29, 1.82) is 0 Å². The van der Waals surface area contributed by atoms with E-state index in [1.807, 2.05) is 24.3 Å². The molecule has 0 fully saturated rings. The summed E-state index contributed by atoms with van der Waals surface area (Å²) in [7, 11) is -0.176. The summed E-state index contributed by atoms with van der Waals surface area (Å²) in [5, 5.41) is 0. The van der Waals surface area contributed by atoms with Gasteiger partial charge in [0.2, 0.25) is 0 Å². The Kier molecular flexibility index (Phi) is 6.93. The molecule has 0 radical (unpaired) electrons. The maximum absolute atomic E-state index is 11.4. The van der Waals surface area contributed by atoms with E-state index in [0.29, 0.717) is 12.2 Å². The number of hydrogen-bond donors (Lipinski definition) is 0. The van der Waals surface area contributed by atoms with E-state index in [-0.39, 0.29) is 17.5 Å². The van der Waals surface area contributed by atoms with E-state index >= 15 is 0 Å². The largest absolute Gasteiger partial charge is 0.490 e. The van der Waals surface area contributed by atoms with Gasteiger partial charge in [-0.3, -0.25) is 0 Å². The first-order valence-electron chi connectivity index (χ1n) is 9.05. The van der Waals surface area contributed by atoms with Crippen LogP contribution < -0.4 is 4.74 Å². The maximum Gasteiger partial charge on any atom is 0.333 e. The van der Waals surface area contributed by atoms with E-state index in [4.69, 9.17) is 9.47 Å². The van der Waals surface area contributed by atoms with Gasteiger partial charge in [0.05, 0.1) is 10.9 Å². The second kappa shape index (κ2) is 9.81. The number of benzene rings is 3. The number of carbonyl (C=O) groups excluding carboxylic acids is 1. The molecule has 0 aromatic heterocycles. The lowest BCUT2D eigenvalue weighted by Crippen LogP contribution is -2.12. The maximum atomic E-state index is 11.4. The fraction of sp³-hybridized carbons (Fsp3) is 0.125. The number of carbonyl (C=O) groups is 1. The predicted molar refractivity (Wildman–Crippen MR) is 113 cm³/mol. The molecule has 142 valence electrons. The Hall–Kier alpha value is -2.98. The van der Waals surface area contributed by atoms with Crippen molar-refractivity contribution in [1.82, 2.24) is 0 Å². The van der Waals surface area contributed by atoms with Crippen molar-refractivity contribution in [3.63, 3.8) is 0 Å². The Morgan fingerprint density at radius 1 is 0.786 bits per heavy atom. The first kappa shape index (κ1) is 19.8. The van der Waals surface area contributed by atoms with Crippen LogP contribution in [0.15, 0.2) is 112 Å². The normalized spacial score (nSPS) is 10.5. The molecule has 0 aliphatic heterocycles. The molecule has 3 aromatic carbocycles. The minimum absolute atomic E-state index is 0.176. The molecular formula is C24H23O3S+. The molecule has 28 heavy (non-hydrogen) atoms. The van der Waals surface area contributed by atoms with Crippen LogP contribution in [0.4, 0.5) is 0 Å². The highest BCUT2D eigenvalue weighted by Crippen LogP contribution is 2.31. The van der Waals surface area contributed by atoms with Gasteiger partial charge in [-0.1, -0.05) is 43.0 Å². The summed E-state index contributed by atoms with van der Waals surface area (Å²) in [4.78, 5) is 15.1. The molecule has 3 rings (SSSR count). The monoisotopic (exact) mass is 391 g/mol. The van der Waals surface area contributed by atoms with Gasteiger partial charge in [0, 0.05) is 5.57 Å². The molecular weight excluding hydrogens is 368 g/mol. The van der Waals surface area contributed by atoms with Crippen molar-refractivity contribution in [3.8, 4) is 5.75 Å². The second-order valence-electron chi connectivity index (χ2n) is 6.17. The van der Waals surface area contributed by atoms with Crippen LogP contribution in [0.5, 0.6) is 5.75 Å². The van der Waals surface area contributed by atoms with Crippen molar-refractivity contribution in [3.05, 3.63) is 97.1 Å². The number of esters is 1. The number of hydrogen-bond acceptors (Lipinski definition) is 3. The first-order chi connectivity index (χ1) is 13.6. The second-order valence-corrected chi connectivity index (χ2v) is 8.19. The molecule has 0 bridgehead atoms. The standard InChI is InChI=1S/C24H23O3S/c1-19(2)24(25)27-18-17-26-20-13-15-23(16-14-20)28(21-9-5-3-6-10-21)22-11-7-4-8-12-22/h3-16H,1,17-18H2,2H3/q+1. The van der Waals surface area contributed by atoms with Gasteiger partial charge in [0.25, 0.3) is 0 Å². The SMILES string of the molecule is C=C(C)C(=O)OCCOc1ccc([S+](c2ccccc2)c2ccccc2)cc1. The van der Waals surface area contributed by atoms with Crippen LogP contribution in [0.25, 0.3) is 0 Å². The summed E-state index contributed by atoms with van der Waals surface area (Å²) >= 11 is 0. The molecule has 0 aliphatic carbocycles. The topological polar surface area (TPSA) is 35.5 Å². The van der Waals surface area contributed by atoms with Crippen molar-refractivity contribution < 1.29 is 14.3 Å². The Labute approximate surface area is 169 Å². The molecule has 0 saturated carbocycles. The summed E-state index contributed by atoms with van der Waals surface area (Å²) < 4.78 is 10.7. The third kappa shape index (κ3) is 5.27. The smallest absolute Gasteiger partial charge is 0.333 e.